The van der Waals surface area contributed by atoms with Gasteiger partial charge in [-0.15, -0.1) is 0 Å². The zero-order valence-electron chi connectivity index (χ0n) is 16.2. The molecule has 29 heavy (non-hydrogen) atoms. The van der Waals surface area contributed by atoms with Crippen LogP contribution < -0.4 is 4.74 Å². The minimum Gasteiger partial charge on any atom is -0.497 e. The summed E-state index contributed by atoms with van der Waals surface area (Å²) >= 11 is 0. The standard InChI is InChI=1S/C20H21NO7S/c1-4-27-19(22)18-17(14-7-9-15(26-3)10-8-14)21(20(23)28-18)29(24,25)16-11-5-13(2)6-12-16/h5-12,17-18H,4H2,1-3H3/t17-,18-/m1/s1. The molecule has 0 aliphatic carbocycles. The molecule has 2 aromatic rings. The highest BCUT2D eigenvalue weighted by Crippen LogP contribution is 2.39. The summed E-state index contributed by atoms with van der Waals surface area (Å²) in [5, 5.41) is 0. The molecule has 2 aromatic carbocycles. The third kappa shape index (κ3) is 3.91. The third-order valence-corrected chi connectivity index (χ3v) is 6.26. The van der Waals surface area contributed by atoms with E-state index < -0.39 is 34.2 Å². The number of aryl methyl sites for hydroxylation is 1. The summed E-state index contributed by atoms with van der Waals surface area (Å²) in [6, 6.07) is 11.2. The zero-order chi connectivity index (χ0) is 21.2. The Bertz CT molecular complexity index is 1000. The van der Waals surface area contributed by atoms with Crippen LogP contribution in [0.5, 0.6) is 5.75 Å². The first kappa shape index (κ1) is 20.7. The van der Waals surface area contributed by atoms with Gasteiger partial charge in [-0.1, -0.05) is 29.8 Å². The van der Waals surface area contributed by atoms with Crippen LogP contribution in [0, 0.1) is 6.92 Å². The Kier molecular flexibility index (Phi) is 5.78. The molecule has 1 aliphatic heterocycles. The van der Waals surface area contributed by atoms with Crippen LogP contribution in [0.25, 0.3) is 0 Å². The van der Waals surface area contributed by atoms with Gasteiger partial charge in [0, 0.05) is 0 Å². The highest BCUT2D eigenvalue weighted by atomic mass is 32.2. The average molecular weight is 419 g/mol. The van der Waals surface area contributed by atoms with Crippen molar-refractivity contribution in [3.63, 3.8) is 0 Å². The Labute approximate surface area is 169 Å². The van der Waals surface area contributed by atoms with Gasteiger partial charge in [0.15, 0.2) is 0 Å². The number of hydrogen-bond donors (Lipinski definition) is 0. The number of benzene rings is 2. The monoisotopic (exact) mass is 419 g/mol. The predicted octanol–water partition coefficient (Wildman–Crippen LogP) is 2.82. The van der Waals surface area contributed by atoms with Crippen LogP contribution >= 0.6 is 0 Å². The molecule has 0 spiro atoms. The van der Waals surface area contributed by atoms with Gasteiger partial charge in [-0.3, -0.25) is 0 Å². The van der Waals surface area contributed by atoms with E-state index in [4.69, 9.17) is 14.2 Å². The first-order chi connectivity index (χ1) is 13.8. The molecule has 1 saturated heterocycles. The van der Waals surface area contributed by atoms with Crippen LogP contribution in [-0.4, -0.2) is 44.6 Å². The van der Waals surface area contributed by atoms with Crippen molar-refractivity contribution in [1.29, 1.82) is 0 Å². The molecule has 0 saturated carbocycles. The molecule has 1 heterocycles. The lowest BCUT2D eigenvalue weighted by Gasteiger charge is -2.24. The lowest BCUT2D eigenvalue weighted by Crippen LogP contribution is -2.37. The smallest absolute Gasteiger partial charge is 0.425 e. The minimum absolute atomic E-state index is 0.0624. The fraction of sp³-hybridized carbons (Fsp3) is 0.300. The summed E-state index contributed by atoms with van der Waals surface area (Å²) in [7, 11) is -2.79. The summed E-state index contributed by atoms with van der Waals surface area (Å²) in [4.78, 5) is 24.9. The number of carbonyl (C=O) groups excluding carboxylic acids is 2. The van der Waals surface area contributed by atoms with E-state index in [0.717, 1.165) is 5.56 Å². The molecule has 8 nitrogen and oxygen atoms in total. The van der Waals surface area contributed by atoms with Gasteiger partial charge in [-0.25, -0.2) is 18.0 Å². The molecule has 1 amide bonds. The van der Waals surface area contributed by atoms with Gasteiger partial charge in [0.1, 0.15) is 11.8 Å². The number of nitrogens with zero attached hydrogens (tertiary/aromatic N) is 1. The molecular weight excluding hydrogens is 398 g/mol. The second-order valence-electron chi connectivity index (χ2n) is 6.39. The molecule has 0 aromatic heterocycles. The first-order valence-electron chi connectivity index (χ1n) is 8.92. The van der Waals surface area contributed by atoms with Crippen LogP contribution in [-0.2, 0) is 24.3 Å². The largest absolute Gasteiger partial charge is 0.497 e. The SMILES string of the molecule is CCOC(=O)[C@@H]1OC(=O)N(S(=O)(=O)c2ccc(C)cc2)[C@@H]1c1ccc(OC)cc1. The van der Waals surface area contributed by atoms with Gasteiger partial charge in [-0.2, -0.15) is 4.31 Å². The fourth-order valence-corrected chi connectivity index (χ4v) is 4.52. The predicted molar refractivity (Wildman–Crippen MR) is 103 cm³/mol. The molecule has 0 N–H and O–H groups in total. The van der Waals surface area contributed by atoms with Crippen molar-refractivity contribution in [2.45, 2.75) is 30.9 Å². The lowest BCUT2D eigenvalue weighted by atomic mass is 10.0. The van der Waals surface area contributed by atoms with Crippen molar-refractivity contribution in [2.75, 3.05) is 13.7 Å². The Hall–Kier alpha value is -3.07. The van der Waals surface area contributed by atoms with Crippen LogP contribution in [0.4, 0.5) is 4.79 Å². The second kappa shape index (κ2) is 8.12. The first-order valence-corrected chi connectivity index (χ1v) is 10.4. The number of esters is 1. The van der Waals surface area contributed by atoms with Gasteiger partial charge in [0.25, 0.3) is 10.0 Å². The Morgan fingerprint density at radius 2 is 1.72 bits per heavy atom. The van der Waals surface area contributed by atoms with Gasteiger partial charge in [0.2, 0.25) is 6.10 Å². The Balaban J connectivity index is 2.10. The highest BCUT2D eigenvalue weighted by molar-refractivity contribution is 7.89. The van der Waals surface area contributed by atoms with Gasteiger partial charge >= 0.3 is 12.1 Å². The zero-order valence-corrected chi connectivity index (χ0v) is 17.0. The van der Waals surface area contributed by atoms with Crippen molar-refractivity contribution in [3.05, 3.63) is 59.7 Å². The van der Waals surface area contributed by atoms with E-state index >= 15 is 0 Å². The maximum absolute atomic E-state index is 13.2. The van der Waals surface area contributed by atoms with Crippen LogP contribution in [0.15, 0.2) is 53.4 Å². The van der Waals surface area contributed by atoms with Crippen LogP contribution in [0.2, 0.25) is 0 Å². The summed E-state index contributed by atoms with van der Waals surface area (Å²) in [6.07, 6.45) is -2.56. The quantitative estimate of drug-likeness (QED) is 0.664. The van der Waals surface area contributed by atoms with E-state index in [-0.39, 0.29) is 11.5 Å². The third-order valence-electron chi connectivity index (χ3n) is 4.50. The fourth-order valence-electron chi connectivity index (χ4n) is 3.05. The normalized spacial score (nSPS) is 19.0. The van der Waals surface area contributed by atoms with Gasteiger partial charge < -0.3 is 14.2 Å². The highest BCUT2D eigenvalue weighted by Gasteiger charge is 2.53. The van der Waals surface area contributed by atoms with Crippen molar-refractivity contribution < 1.29 is 32.2 Å². The van der Waals surface area contributed by atoms with E-state index in [2.05, 4.69) is 0 Å². The lowest BCUT2D eigenvalue weighted by molar-refractivity contribution is -0.152. The molecule has 0 bridgehead atoms. The van der Waals surface area contributed by atoms with Crippen molar-refractivity contribution in [3.8, 4) is 5.75 Å². The summed E-state index contributed by atoms with van der Waals surface area (Å²) in [5.41, 5.74) is 1.26. The molecule has 0 radical (unpaired) electrons. The Morgan fingerprint density at radius 3 is 2.28 bits per heavy atom. The number of rotatable bonds is 6. The van der Waals surface area contributed by atoms with E-state index in [9.17, 15) is 18.0 Å². The van der Waals surface area contributed by atoms with Gasteiger partial charge in [-0.05, 0) is 43.7 Å². The molecular formula is C20H21NO7S. The number of hydrogen-bond acceptors (Lipinski definition) is 7. The average Bonchev–Trinajstić information content (AvgIpc) is 3.06. The van der Waals surface area contributed by atoms with E-state index in [1.54, 1.807) is 43.3 Å². The number of sulfonamides is 1. The Morgan fingerprint density at radius 1 is 1.10 bits per heavy atom. The van der Waals surface area contributed by atoms with Crippen LogP contribution in [0.3, 0.4) is 0 Å². The molecule has 1 aliphatic rings. The number of ether oxygens (including phenoxy) is 3. The van der Waals surface area contributed by atoms with Crippen molar-refractivity contribution >= 4 is 22.1 Å². The van der Waals surface area contributed by atoms with E-state index in [1.807, 2.05) is 6.92 Å². The van der Waals surface area contributed by atoms with Gasteiger partial charge in [0.05, 0.1) is 18.6 Å². The molecule has 1 fully saturated rings. The topological polar surface area (TPSA) is 99.2 Å². The number of cyclic esters (lactones) is 1. The maximum Gasteiger partial charge on any atom is 0.425 e. The maximum atomic E-state index is 13.2. The molecule has 3 rings (SSSR count). The van der Waals surface area contributed by atoms with E-state index in [0.29, 0.717) is 15.6 Å². The second-order valence-corrected chi connectivity index (χ2v) is 8.20. The number of methoxy groups -OCH3 is 1. The van der Waals surface area contributed by atoms with Crippen molar-refractivity contribution in [2.24, 2.45) is 0 Å². The minimum atomic E-state index is -4.28. The molecule has 2 atom stereocenters. The molecule has 154 valence electrons. The summed E-state index contributed by atoms with van der Waals surface area (Å²) in [6.45, 7) is 3.49. The van der Waals surface area contributed by atoms with Crippen LogP contribution in [0.1, 0.15) is 24.1 Å². The summed E-state index contributed by atoms with van der Waals surface area (Å²) < 4.78 is 42.3. The molecule has 0 unspecified atom stereocenters. The van der Waals surface area contributed by atoms with E-state index in [1.165, 1.54) is 19.2 Å². The number of amides is 1. The summed E-state index contributed by atoms with van der Waals surface area (Å²) in [5.74, 6) is -0.275. The number of carbonyl (C=O) groups is 2. The van der Waals surface area contributed by atoms with Crippen molar-refractivity contribution in [1.82, 2.24) is 4.31 Å². The molecule has 9 heteroatoms.